The Balaban J connectivity index is 3.14. The Kier molecular flexibility index (Phi) is 4.28. The van der Waals surface area contributed by atoms with Crippen molar-refractivity contribution in [3.63, 3.8) is 0 Å². The van der Waals surface area contributed by atoms with Crippen LogP contribution in [-0.2, 0) is 14.6 Å². The Hall–Kier alpha value is -1.36. The summed E-state index contributed by atoms with van der Waals surface area (Å²) in [5, 5.41) is 7.67. The maximum Gasteiger partial charge on any atom is 0.322 e. The Labute approximate surface area is 101 Å². The van der Waals surface area contributed by atoms with Gasteiger partial charge in [-0.2, -0.15) is 0 Å². The number of benzene rings is 1. The first-order chi connectivity index (χ1) is 7.85. The largest absolute Gasteiger partial charge is 0.480 e. The molecule has 0 heterocycles. The molecule has 0 aromatic heterocycles. The maximum atomic E-state index is 12.1. The monoisotopic (exact) mass is 256 g/mol. The fourth-order valence-corrected chi connectivity index (χ4v) is 3.33. The lowest BCUT2D eigenvalue weighted by Crippen LogP contribution is -2.31. The summed E-state index contributed by atoms with van der Waals surface area (Å²) in [6, 6.07) is 7.71. The zero-order valence-corrected chi connectivity index (χ0v) is 10.6. The van der Waals surface area contributed by atoms with Crippen molar-refractivity contribution in [2.45, 2.75) is 30.4 Å². The predicted molar refractivity (Wildman–Crippen MR) is 64.5 cm³/mol. The molecule has 1 N–H and O–H groups in total. The number of carboxylic acid groups (broad SMARTS) is 1. The first-order valence-electron chi connectivity index (χ1n) is 5.37. The van der Waals surface area contributed by atoms with Gasteiger partial charge in [0.1, 0.15) is 0 Å². The Morgan fingerprint density at radius 3 is 2.18 bits per heavy atom. The number of hydrogen-bond donors (Lipinski definition) is 1. The molecule has 94 valence electrons. The van der Waals surface area contributed by atoms with E-state index in [1.807, 2.05) is 0 Å². The van der Waals surface area contributed by atoms with Crippen molar-refractivity contribution in [1.29, 1.82) is 0 Å². The van der Waals surface area contributed by atoms with Gasteiger partial charge in [0.2, 0.25) is 0 Å². The van der Waals surface area contributed by atoms with E-state index >= 15 is 0 Å². The molecule has 1 atom stereocenters. The van der Waals surface area contributed by atoms with Crippen LogP contribution in [0.25, 0.3) is 0 Å². The fraction of sp³-hybridized carbons (Fsp3) is 0.417. The summed E-state index contributed by atoms with van der Waals surface area (Å²) >= 11 is 0. The highest BCUT2D eigenvalue weighted by Gasteiger charge is 2.34. The van der Waals surface area contributed by atoms with E-state index in [4.69, 9.17) is 5.11 Å². The van der Waals surface area contributed by atoms with E-state index in [9.17, 15) is 13.2 Å². The van der Waals surface area contributed by atoms with Crippen molar-refractivity contribution in [1.82, 2.24) is 0 Å². The summed E-state index contributed by atoms with van der Waals surface area (Å²) in [6.07, 6.45) is 0.118. The van der Waals surface area contributed by atoms with Crippen LogP contribution in [-0.4, -0.2) is 24.7 Å². The van der Waals surface area contributed by atoms with Gasteiger partial charge < -0.3 is 5.11 Å². The molecule has 0 fully saturated rings. The van der Waals surface area contributed by atoms with Crippen LogP contribution in [0.5, 0.6) is 0 Å². The van der Waals surface area contributed by atoms with Crippen molar-refractivity contribution >= 4 is 15.8 Å². The van der Waals surface area contributed by atoms with Gasteiger partial charge in [-0.1, -0.05) is 32.0 Å². The molecule has 0 radical (unpaired) electrons. The second kappa shape index (κ2) is 5.31. The van der Waals surface area contributed by atoms with Crippen molar-refractivity contribution < 1.29 is 18.3 Å². The molecule has 0 spiro atoms. The van der Waals surface area contributed by atoms with E-state index in [1.54, 1.807) is 32.0 Å². The molecule has 1 aromatic rings. The van der Waals surface area contributed by atoms with Gasteiger partial charge in [-0.15, -0.1) is 0 Å². The minimum Gasteiger partial charge on any atom is -0.480 e. The van der Waals surface area contributed by atoms with E-state index < -0.39 is 21.1 Å². The van der Waals surface area contributed by atoms with E-state index in [0.29, 0.717) is 0 Å². The van der Waals surface area contributed by atoms with E-state index in [1.165, 1.54) is 12.1 Å². The molecule has 5 heteroatoms. The van der Waals surface area contributed by atoms with Crippen LogP contribution in [0, 0.1) is 5.92 Å². The summed E-state index contributed by atoms with van der Waals surface area (Å²) in [5.41, 5.74) is 0. The molecule has 0 saturated heterocycles. The third-order valence-electron chi connectivity index (χ3n) is 2.41. The van der Waals surface area contributed by atoms with Gasteiger partial charge in [-0.3, -0.25) is 4.79 Å². The van der Waals surface area contributed by atoms with Crippen LogP contribution in [0.4, 0.5) is 0 Å². The highest BCUT2D eigenvalue weighted by molar-refractivity contribution is 7.92. The average Bonchev–Trinajstić information content (AvgIpc) is 2.26. The predicted octanol–water partition coefficient (Wildman–Crippen LogP) is 1.96. The zero-order chi connectivity index (χ0) is 13.1. The number of carboxylic acids is 1. The van der Waals surface area contributed by atoms with Gasteiger partial charge in [0.05, 0.1) is 4.90 Å². The average molecular weight is 256 g/mol. The van der Waals surface area contributed by atoms with Crippen LogP contribution >= 0.6 is 0 Å². The molecule has 0 aliphatic heterocycles. The van der Waals surface area contributed by atoms with Gasteiger partial charge in [-0.05, 0) is 24.5 Å². The molecule has 0 aliphatic rings. The minimum atomic E-state index is -3.79. The first-order valence-corrected chi connectivity index (χ1v) is 6.92. The third-order valence-corrected chi connectivity index (χ3v) is 4.48. The second-order valence-corrected chi connectivity index (χ2v) is 6.44. The van der Waals surface area contributed by atoms with Crippen LogP contribution in [0.15, 0.2) is 35.2 Å². The number of rotatable bonds is 5. The second-order valence-electron chi connectivity index (χ2n) is 4.31. The SMILES string of the molecule is CC(C)CC(C(=O)O)S(=O)(=O)c1ccccc1. The lowest BCUT2D eigenvalue weighted by molar-refractivity contribution is -0.136. The molecule has 17 heavy (non-hydrogen) atoms. The Morgan fingerprint density at radius 2 is 1.76 bits per heavy atom. The first kappa shape index (κ1) is 13.7. The Bertz CT molecular complexity index is 476. The molecular weight excluding hydrogens is 240 g/mol. The van der Waals surface area contributed by atoms with Crippen molar-refractivity contribution in [2.24, 2.45) is 5.92 Å². The topological polar surface area (TPSA) is 71.4 Å². The fourth-order valence-electron chi connectivity index (χ4n) is 1.56. The summed E-state index contributed by atoms with van der Waals surface area (Å²) < 4.78 is 24.3. The molecule has 0 aliphatic carbocycles. The highest BCUT2D eigenvalue weighted by atomic mass is 32.2. The van der Waals surface area contributed by atoms with Crippen LogP contribution in [0.2, 0.25) is 0 Å². The molecule has 1 unspecified atom stereocenters. The normalized spacial score (nSPS) is 13.6. The Morgan fingerprint density at radius 1 is 1.24 bits per heavy atom. The quantitative estimate of drug-likeness (QED) is 0.874. The minimum absolute atomic E-state index is 0.00888. The van der Waals surface area contributed by atoms with Crippen molar-refractivity contribution in [3.8, 4) is 0 Å². The zero-order valence-electron chi connectivity index (χ0n) is 9.83. The highest BCUT2D eigenvalue weighted by Crippen LogP contribution is 2.21. The lowest BCUT2D eigenvalue weighted by Gasteiger charge is -2.15. The van der Waals surface area contributed by atoms with Gasteiger partial charge >= 0.3 is 5.97 Å². The lowest BCUT2D eigenvalue weighted by atomic mass is 10.1. The molecule has 1 rings (SSSR count). The summed E-state index contributed by atoms with van der Waals surface area (Å²) in [6.45, 7) is 3.60. The number of hydrogen-bond acceptors (Lipinski definition) is 3. The maximum absolute atomic E-state index is 12.1. The van der Waals surface area contributed by atoms with Gasteiger partial charge in [-0.25, -0.2) is 8.42 Å². The van der Waals surface area contributed by atoms with E-state index in [2.05, 4.69) is 0 Å². The van der Waals surface area contributed by atoms with Gasteiger partial charge in [0.15, 0.2) is 15.1 Å². The van der Waals surface area contributed by atoms with Crippen LogP contribution in [0.1, 0.15) is 20.3 Å². The van der Waals surface area contributed by atoms with Crippen LogP contribution < -0.4 is 0 Å². The summed E-state index contributed by atoms with van der Waals surface area (Å²) in [7, 11) is -3.79. The standard InChI is InChI=1S/C12H16O4S/c1-9(2)8-11(12(13)14)17(15,16)10-6-4-3-5-7-10/h3-7,9,11H,8H2,1-2H3,(H,13,14). The smallest absolute Gasteiger partial charge is 0.322 e. The molecule has 0 amide bonds. The number of carbonyl (C=O) groups is 1. The number of sulfone groups is 1. The van der Waals surface area contributed by atoms with Crippen molar-refractivity contribution in [3.05, 3.63) is 30.3 Å². The number of aliphatic carboxylic acids is 1. The molecule has 1 aromatic carbocycles. The van der Waals surface area contributed by atoms with E-state index in [0.717, 1.165) is 0 Å². The van der Waals surface area contributed by atoms with Gasteiger partial charge in [0, 0.05) is 0 Å². The molecule has 4 nitrogen and oxygen atoms in total. The molecule has 0 bridgehead atoms. The van der Waals surface area contributed by atoms with Crippen molar-refractivity contribution in [2.75, 3.05) is 0 Å². The summed E-state index contributed by atoms with van der Waals surface area (Å²) in [4.78, 5) is 11.1. The molecule has 0 saturated carbocycles. The molecular formula is C12H16O4S. The summed E-state index contributed by atoms with van der Waals surface area (Å²) in [5.74, 6) is -1.28. The third kappa shape index (κ3) is 3.30. The van der Waals surface area contributed by atoms with Gasteiger partial charge in [0.25, 0.3) is 0 Å². The van der Waals surface area contributed by atoms with Crippen LogP contribution in [0.3, 0.4) is 0 Å². The van der Waals surface area contributed by atoms with E-state index in [-0.39, 0.29) is 17.2 Å².